The van der Waals surface area contributed by atoms with Crippen molar-refractivity contribution in [2.24, 2.45) is 10.8 Å². The minimum Gasteiger partial charge on any atom is -0.0791 e. The lowest BCUT2D eigenvalue weighted by atomic mass is 9.94. The van der Waals surface area contributed by atoms with Crippen molar-refractivity contribution in [2.75, 3.05) is 0 Å². The average molecular weight is 284 g/mol. The fourth-order valence-electron chi connectivity index (χ4n) is 2.19. The second kappa shape index (κ2) is 6.64. The molecule has 0 aromatic rings. The van der Waals surface area contributed by atoms with Crippen molar-refractivity contribution in [3.63, 3.8) is 0 Å². The van der Waals surface area contributed by atoms with Crippen molar-refractivity contribution in [3.8, 4) is 0 Å². The van der Waals surface area contributed by atoms with E-state index >= 15 is 0 Å². The van der Waals surface area contributed by atoms with Gasteiger partial charge in [0, 0.05) is 0 Å². The first-order valence-electron chi connectivity index (χ1n) is 7.95. The molecular weight excluding hydrogens is 252 g/mol. The van der Waals surface area contributed by atoms with Crippen molar-refractivity contribution in [1.82, 2.24) is 0 Å². The van der Waals surface area contributed by atoms with Gasteiger partial charge in [-0.1, -0.05) is 78.0 Å². The summed E-state index contributed by atoms with van der Waals surface area (Å²) in [5.74, 6) is 0. The van der Waals surface area contributed by atoms with E-state index in [-0.39, 0.29) is 10.8 Å². The molecule has 0 bridgehead atoms. The standard InChI is InChI=1S/C21H32/c1-16-17(2)19(12-14-21(6,7)8)15-18(16)11-9-10-13-20(3,4)5/h9-14H,15H2,1-8H3/b11-9+,13-10+,14-12+. The quantitative estimate of drug-likeness (QED) is 0.501. The molecule has 0 heteroatoms. The Morgan fingerprint density at radius 3 is 1.62 bits per heavy atom. The fraction of sp³-hybridized carbons (Fsp3) is 0.524. The summed E-state index contributed by atoms with van der Waals surface area (Å²) in [5.41, 5.74) is 6.27. The van der Waals surface area contributed by atoms with Crippen LogP contribution in [0.3, 0.4) is 0 Å². The molecule has 0 N–H and O–H groups in total. The Labute approximate surface area is 132 Å². The van der Waals surface area contributed by atoms with Crippen LogP contribution in [0.15, 0.2) is 58.7 Å². The number of allylic oxidation sites excluding steroid dienone is 10. The summed E-state index contributed by atoms with van der Waals surface area (Å²) in [5, 5.41) is 0. The van der Waals surface area contributed by atoms with Crippen LogP contribution in [0.1, 0.15) is 61.8 Å². The SMILES string of the molecule is CC1=C(/C=C/C=C/C(C)(C)C)CC(/C=C/C(C)(C)C)=C1C. The van der Waals surface area contributed by atoms with E-state index < -0.39 is 0 Å². The van der Waals surface area contributed by atoms with E-state index in [9.17, 15) is 0 Å². The zero-order valence-corrected chi connectivity index (χ0v) is 15.2. The zero-order chi connectivity index (χ0) is 16.3. The van der Waals surface area contributed by atoms with E-state index in [1.807, 2.05) is 0 Å². The maximum absolute atomic E-state index is 2.31. The van der Waals surface area contributed by atoms with Crippen molar-refractivity contribution in [2.45, 2.75) is 61.8 Å². The highest BCUT2D eigenvalue weighted by Crippen LogP contribution is 2.34. The lowest BCUT2D eigenvalue weighted by Crippen LogP contribution is -1.98. The second-order valence-corrected chi connectivity index (χ2v) is 8.26. The van der Waals surface area contributed by atoms with Gasteiger partial charge in [0.15, 0.2) is 0 Å². The predicted octanol–water partition coefficient (Wildman–Crippen LogP) is 6.78. The summed E-state index contributed by atoms with van der Waals surface area (Å²) in [6, 6.07) is 0. The molecule has 0 saturated heterocycles. The van der Waals surface area contributed by atoms with Gasteiger partial charge in [-0.15, -0.1) is 0 Å². The molecule has 0 spiro atoms. The molecule has 0 nitrogen and oxygen atoms in total. The third kappa shape index (κ3) is 6.33. The molecule has 21 heavy (non-hydrogen) atoms. The van der Waals surface area contributed by atoms with Crippen LogP contribution < -0.4 is 0 Å². The normalized spacial score (nSPS) is 18.3. The number of rotatable bonds is 3. The van der Waals surface area contributed by atoms with E-state index in [1.165, 1.54) is 22.3 Å². The van der Waals surface area contributed by atoms with Gasteiger partial charge in [-0.3, -0.25) is 0 Å². The average Bonchev–Trinajstić information content (AvgIpc) is 2.58. The molecule has 0 fully saturated rings. The van der Waals surface area contributed by atoms with Crippen LogP contribution in [0.4, 0.5) is 0 Å². The maximum atomic E-state index is 2.31. The van der Waals surface area contributed by atoms with Gasteiger partial charge in [0.1, 0.15) is 0 Å². The first-order valence-corrected chi connectivity index (χ1v) is 7.95. The minimum atomic E-state index is 0.245. The van der Waals surface area contributed by atoms with Crippen LogP contribution in [-0.4, -0.2) is 0 Å². The third-order valence-corrected chi connectivity index (χ3v) is 3.70. The van der Waals surface area contributed by atoms with Gasteiger partial charge in [0.05, 0.1) is 0 Å². The molecule has 116 valence electrons. The van der Waals surface area contributed by atoms with E-state index in [4.69, 9.17) is 0 Å². The van der Waals surface area contributed by atoms with Gasteiger partial charge >= 0.3 is 0 Å². The zero-order valence-electron chi connectivity index (χ0n) is 15.2. The number of hydrogen-bond acceptors (Lipinski definition) is 0. The molecule has 0 heterocycles. The molecule has 0 aliphatic heterocycles. The highest BCUT2D eigenvalue weighted by molar-refractivity contribution is 5.53. The summed E-state index contributed by atoms with van der Waals surface area (Å²) in [6.45, 7) is 17.9. The fourth-order valence-corrected chi connectivity index (χ4v) is 2.19. The highest BCUT2D eigenvalue weighted by atomic mass is 14.2. The Morgan fingerprint density at radius 1 is 0.667 bits per heavy atom. The van der Waals surface area contributed by atoms with E-state index in [0.29, 0.717) is 0 Å². The summed E-state index contributed by atoms with van der Waals surface area (Å²) >= 11 is 0. The van der Waals surface area contributed by atoms with Crippen LogP contribution >= 0.6 is 0 Å². The number of hydrogen-bond donors (Lipinski definition) is 0. The Morgan fingerprint density at radius 2 is 1.14 bits per heavy atom. The maximum Gasteiger partial charge on any atom is -0.00204 e. The van der Waals surface area contributed by atoms with Crippen LogP contribution in [0.2, 0.25) is 0 Å². The topological polar surface area (TPSA) is 0 Å². The van der Waals surface area contributed by atoms with Crippen LogP contribution in [0.25, 0.3) is 0 Å². The lowest BCUT2D eigenvalue weighted by molar-refractivity contribution is 0.543. The summed E-state index contributed by atoms with van der Waals surface area (Å²) in [7, 11) is 0. The summed E-state index contributed by atoms with van der Waals surface area (Å²) in [6.07, 6.45) is 14.5. The summed E-state index contributed by atoms with van der Waals surface area (Å²) in [4.78, 5) is 0. The highest BCUT2D eigenvalue weighted by Gasteiger charge is 2.15. The van der Waals surface area contributed by atoms with Gasteiger partial charge < -0.3 is 0 Å². The first kappa shape index (κ1) is 17.8. The Balaban J connectivity index is 2.77. The van der Waals surface area contributed by atoms with Crippen LogP contribution in [0, 0.1) is 10.8 Å². The van der Waals surface area contributed by atoms with Crippen molar-refractivity contribution < 1.29 is 0 Å². The van der Waals surface area contributed by atoms with Crippen molar-refractivity contribution in [3.05, 3.63) is 58.7 Å². The second-order valence-electron chi connectivity index (χ2n) is 8.26. The van der Waals surface area contributed by atoms with Gasteiger partial charge in [0.25, 0.3) is 0 Å². The van der Waals surface area contributed by atoms with Crippen LogP contribution in [-0.2, 0) is 0 Å². The van der Waals surface area contributed by atoms with E-state index in [1.54, 1.807) is 0 Å². The molecule has 0 unspecified atom stereocenters. The van der Waals surface area contributed by atoms with E-state index in [0.717, 1.165) is 6.42 Å². The molecule has 1 rings (SSSR count). The summed E-state index contributed by atoms with van der Waals surface area (Å²) < 4.78 is 0. The predicted molar refractivity (Wildman–Crippen MR) is 96.3 cm³/mol. The molecule has 0 saturated carbocycles. The van der Waals surface area contributed by atoms with Crippen LogP contribution in [0.5, 0.6) is 0 Å². The molecule has 0 aromatic heterocycles. The molecule has 0 atom stereocenters. The smallest absolute Gasteiger partial charge is 0.00204 e. The van der Waals surface area contributed by atoms with Crippen molar-refractivity contribution in [1.29, 1.82) is 0 Å². The van der Waals surface area contributed by atoms with Gasteiger partial charge in [-0.25, -0.2) is 0 Å². The Bertz CT molecular complexity index is 517. The first-order chi connectivity index (χ1) is 9.49. The Hall–Kier alpha value is -1.30. The molecule has 0 aromatic carbocycles. The molecule has 1 aliphatic carbocycles. The lowest BCUT2D eigenvalue weighted by Gasteiger charge is -2.11. The molecule has 0 amide bonds. The minimum absolute atomic E-state index is 0.245. The van der Waals surface area contributed by atoms with Gasteiger partial charge in [0.2, 0.25) is 0 Å². The largest absolute Gasteiger partial charge is 0.0791 e. The molecular formula is C21H32. The van der Waals surface area contributed by atoms with E-state index in [2.05, 4.69) is 91.8 Å². The molecule has 0 radical (unpaired) electrons. The van der Waals surface area contributed by atoms with Gasteiger partial charge in [-0.05, 0) is 53.4 Å². The third-order valence-electron chi connectivity index (χ3n) is 3.70. The van der Waals surface area contributed by atoms with Crippen molar-refractivity contribution >= 4 is 0 Å². The van der Waals surface area contributed by atoms with Gasteiger partial charge in [-0.2, -0.15) is 0 Å². The monoisotopic (exact) mass is 284 g/mol. The molecule has 1 aliphatic rings. The Kier molecular flexibility index (Phi) is 5.61.